The molecule has 0 radical (unpaired) electrons. The van der Waals surface area contributed by atoms with E-state index in [0.29, 0.717) is 18.9 Å². The highest BCUT2D eigenvalue weighted by molar-refractivity contribution is 14.1. The summed E-state index contributed by atoms with van der Waals surface area (Å²) >= 11 is 2.32. The zero-order chi connectivity index (χ0) is 6.69. The van der Waals surface area contributed by atoms with Gasteiger partial charge in [0.1, 0.15) is 0 Å². The lowest BCUT2D eigenvalue weighted by Crippen LogP contribution is -1.98. The summed E-state index contributed by atoms with van der Waals surface area (Å²) < 4.78 is 5.90. The Kier molecular flexibility index (Phi) is 2.75. The van der Waals surface area contributed by atoms with Crippen molar-refractivity contribution in [3.8, 4) is 0 Å². The van der Waals surface area contributed by atoms with Gasteiger partial charge >= 0.3 is 5.97 Å². The number of halogens is 1. The zero-order valence-electron chi connectivity index (χ0n) is 5.10. The molecule has 0 aromatic carbocycles. The summed E-state index contributed by atoms with van der Waals surface area (Å²) in [6.07, 6.45) is 1.76. The van der Waals surface area contributed by atoms with Gasteiger partial charge in [-0.25, -0.2) is 0 Å². The molecule has 1 fully saturated rings. The average Bonchev–Trinajstić information content (AvgIpc) is 2.17. The summed E-state index contributed by atoms with van der Waals surface area (Å²) in [5.74, 6) is 0.485. The third kappa shape index (κ3) is 2.12. The molecule has 1 saturated heterocycles. The van der Waals surface area contributed by atoms with E-state index < -0.39 is 0 Å². The van der Waals surface area contributed by atoms with Crippen LogP contribution >= 0.6 is 22.6 Å². The van der Waals surface area contributed by atoms with Crippen LogP contribution in [0.5, 0.6) is 0 Å². The van der Waals surface area contributed by atoms with Crippen molar-refractivity contribution >= 4 is 28.6 Å². The van der Waals surface area contributed by atoms with E-state index in [9.17, 15) is 4.79 Å². The summed E-state index contributed by atoms with van der Waals surface area (Å²) in [5.41, 5.74) is 0. The normalized spacial score (nSPS) is 26.3. The highest BCUT2D eigenvalue weighted by atomic mass is 127. The molecule has 0 amide bonds. The third-order valence-corrected chi connectivity index (χ3v) is 2.08. The Morgan fingerprint density at radius 1 is 1.78 bits per heavy atom. The molecule has 0 aromatic heterocycles. The maximum atomic E-state index is 10.5. The summed E-state index contributed by atoms with van der Waals surface area (Å²) in [7, 11) is 0. The van der Waals surface area contributed by atoms with Crippen molar-refractivity contribution in [1.29, 1.82) is 0 Å². The highest BCUT2D eigenvalue weighted by Crippen LogP contribution is 2.17. The van der Waals surface area contributed by atoms with E-state index in [-0.39, 0.29) is 5.97 Å². The van der Waals surface area contributed by atoms with E-state index >= 15 is 0 Å². The van der Waals surface area contributed by atoms with Crippen LogP contribution in [-0.4, -0.2) is 17.0 Å². The second-order valence-electron chi connectivity index (χ2n) is 2.23. The molecular weight excluding hydrogens is 231 g/mol. The lowest BCUT2D eigenvalue weighted by Gasteiger charge is -1.98. The molecule has 3 heteroatoms. The van der Waals surface area contributed by atoms with E-state index in [1.54, 1.807) is 0 Å². The number of rotatable bonds is 2. The van der Waals surface area contributed by atoms with Crippen LogP contribution in [0.2, 0.25) is 0 Å². The van der Waals surface area contributed by atoms with Crippen molar-refractivity contribution in [3.63, 3.8) is 0 Å². The Morgan fingerprint density at radius 3 is 3.00 bits per heavy atom. The fraction of sp³-hybridized carbons (Fsp3) is 0.833. The Balaban J connectivity index is 2.22. The van der Waals surface area contributed by atoms with Gasteiger partial charge in [0, 0.05) is 5.92 Å². The van der Waals surface area contributed by atoms with Gasteiger partial charge in [0.15, 0.2) is 0 Å². The van der Waals surface area contributed by atoms with E-state index in [2.05, 4.69) is 22.6 Å². The van der Waals surface area contributed by atoms with Crippen molar-refractivity contribution < 1.29 is 9.53 Å². The van der Waals surface area contributed by atoms with Crippen LogP contribution < -0.4 is 0 Å². The summed E-state index contributed by atoms with van der Waals surface area (Å²) in [6.45, 7) is 0.655. The molecule has 2 nitrogen and oxygen atoms in total. The van der Waals surface area contributed by atoms with Gasteiger partial charge in [-0.1, -0.05) is 22.6 Å². The lowest BCUT2D eigenvalue weighted by molar-refractivity contribution is -0.137. The Hall–Kier alpha value is 0.200. The van der Waals surface area contributed by atoms with Gasteiger partial charge in [0.2, 0.25) is 0 Å². The van der Waals surface area contributed by atoms with Crippen LogP contribution in [-0.2, 0) is 9.53 Å². The molecule has 1 atom stereocenters. The van der Waals surface area contributed by atoms with Crippen molar-refractivity contribution in [1.82, 2.24) is 0 Å². The van der Waals surface area contributed by atoms with E-state index in [0.717, 1.165) is 10.8 Å². The molecule has 1 rings (SSSR count). The quantitative estimate of drug-likeness (QED) is 0.414. The number of cyclic esters (lactones) is 1. The Morgan fingerprint density at radius 2 is 2.56 bits per heavy atom. The fourth-order valence-corrected chi connectivity index (χ4v) is 1.78. The number of hydrogen-bond acceptors (Lipinski definition) is 2. The number of alkyl halides is 1. The van der Waals surface area contributed by atoms with Gasteiger partial charge in [-0.3, -0.25) is 4.79 Å². The molecule has 52 valence electrons. The van der Waals surface area contributed by atoms with Crippen molar-refractivity contribution in [2.24, 2.45) is 5.92 Å². The van der Waals surface area contributed by atoms with E-state index in [1.165, 1.54) is 0 Å². The molecule has 0 N–H and O–H groups in total. The second-order valence-corrected chi connectivity index (χ2v) is 3.31. The van der Waals surface area contributed by atoms with Gasteiger partial charge in [-0.05, 0) is 10.8 Å². The van der Waals surface area contributed by atoms with Crippen molar-refractivity contribution in [3.05, 3.63) is 0 Å². The molecule has 9 heavy (non-hydrogen) atoms. The minimum absolute atomic E-state index is 0.0233. The topological polar surface area (TPSA) is 26.3 Å². The predicted octanol–water partition coefficient (Wildman–Crippen LogP) is 1.37. The largest absolute Gasteiger partial charge is 0.465 e. The zero-order valence-corrected chi connectivity index (χ0v) is 7.26. The maximum Gasteiger partial charge on any atom is 0.306 e. The van der Waals surface area contributed by atoms with Gasteiger partial charge in [0.05, 0.1) is 13.0 Å². The van der Waals surface area contributed by atoms with Gasteiger partial charge < -0.3 is 4.74 Å². The average molecular weight is 240 g/mol. The summed E-state index contributed by atoms with van der Waals surface area (Å²) in [5, 5.41) is 0. The first kappa shape index (κ1) is 7.31. The second kappa shape index (κ2) is 3.39. The number of carbonyl (C=O) groups is 1. The minimum Gasteiger partial charge on any atom is -0.465 e. The van der Waals surface area contributed by atoms with E-state index in [4.69, 9.17) is 4.74 Å². The standard InChI is InChI=1S/C6H9IO2/c7-2-1-5-3-6(8)9-4-5/h5H,1-4H2. The van der Waals surface area contributed by atoms with Gasteiger partial charge in [-0.2, -0.15) is 0 Å². The molecule has 0 bridgehead atoms. The molecule has 0 spiro atoms. The smallest absolute Gasteiger partial charge is 0.306 e. The Labute approximate surface area is 68.1 Å². The monoisotopic (exact) mass is 240 g/mol. The Bertz CT molecular complexity index is 114. The first-order chi connectivity index (χ1) is 4.33. The molecule has 0 aliphatic carbocycles. The van der Waals surface area contributed by atoms with E-state index in [1.807, 2.05) is 0 Å². The fourth-order valence-electron chi connectivity index (χ4n) is 0.904. The van der Waals surface area contributed by atoms with Crippen LogP contribution in [0.1, 0.15) is 12.8 Å². The van der Waals surface area contributed by atoms with Crippen LogP contribution in [0.4, 0.5) is 0 Å². The third-order valence-electron chi connectivity index (χ3n) is 1.45. The van der Waals surface area contributed by atoms with Crippen LogP contribution in [0, 0.1) is 5.92 Å². The number of ether oxygens (including phenoxy) is 1. The van der Waals surface area contributed by atoms with Crippen LogP contribution in [0.15, 0.2) is 0 Å². The molecule has 0 saturated carbocycles. The molecule has 1 heterocycles. The first-order valence-corrected chi connectivity index (χ1v) is 4.57. The van der Waals surface area contributed by atoms with Crippen LogP contribution in [0.25, 0.3) is 0 Å². The molecule has 1 aliphatic rings. The summed E-state index contributed by atoms with van der Waals surface area (Å²) in [4.78, 5) is 10.5. The number of hydrogen-bond donors (Lipinski definition) is 0. The lowest BCUT2D eigenvalue weighted by atomic mass is 10.1. The SMILES string of the molecule is O=C1CC(CCI)CO1. The molecular formula is C6H9IO2. The molecule has 0 aromatic rings. The van der Waals surface area contributed by atoms with Gasteiger partial charge in [-0.15, -0.1) is 0 Å². The first-order valence-electron chi connectivity index (χ1n) is 3.04. The van der Waals surface area contributed by atoms with Crippen molar-refractivity contribution in [2.75, 3.05) is 11.0 Å². The number of esters is 1. The highest BCUT2D eigenvalue weighted by Gasteiger charge is 2.22. The van der Waals surface area contributed by atoms with Gasteiger partial charge in [0.25, 0.3) is 0 Å². The predicted molar refractivity (Wildman–Crippen MR) is 42.6 cm³/mol. The van der Waals surface area contributed by atoms with Crippen molar-refractivity contribution in [2.45, 2.75) is 12.8 Å². The van der Waals surface area contributed by atoms with Crippen LogP contribution in [0.3, 0.4) is 0 Å². The minimum atomic E-state index is -0.0233. The number of carbonyl (C=O) groups excluding carboxylic acids is 1. The molecule has 1 aliphatic heterocycles. The maximum absolute atomic E-state index is 10.5. The molecule has 1 unspecified atom stereocenters. The summed E-state index contributed by atoms with van der Waals surface area (Å²) in [6, 6.07) is 0.